The molecule has 0 radical (unpaired) electrons. The molecular weight excluding hydrogens is 330 g/mol. The van der Waals surface area contributed by atoms with Crippen molar-refractivity contribution in [2.75, 3.05) is 32.7 Å². The van der Waals surface area contributed by atoms with Crippen LogP contribution < -0.4 is 5.32 Å². The fourth-order valence-electron chi connectivity index (χ4n) is 4.55. The first-order valence-electron chi connectivity index (χ1n) is 10.5. The van der Waals surface area contributed by atoms with Crippen molar-refractivity contribution in [2.45, 2.75) is 64.2 Å². The molecule has 0 aromatic carbocycles. The number of hydrogen-bond acceptors (Lipinski definition) is 3. The summed E-state index contributed by atoms with van der Waals surface area (Å²) in [5.74, 6) is 1.06. The molecule has 0 spiro atoms. The van der Waals surface area contributed by atoms with Gasteiger partial charge in [0, 0.05) is 45.6 Å². The van der Waals surface area contributed by atoms with Crippen LogP contribution >= 0.6 is 0 Å². The van der Waals surface area contributed by atoms with Crippen LogP contribution in [0.1, 0.15) is 64.2 Å². The molecule has 3 fully saturated rings. The zero-order valence-electron chi connectivity index (χ0n) is 15.9. The minimum atomic E-state index is -0.0790. The van der Waals surface area contributed by atoms with E-state index < -0.39 is 0 Å². The summed E-state index contributed by atoms with van der Waals surface area (Å²) < 4.78 is 0. The van der Waals surface area contributed by atoms with Gasteiger partial charge >= 0.3 is 0 Å². The molecule has 2 aliphatic heterocycles. The summed E-state index contributed by atoms with van der Waals surface area (Å²) in [6, 6.07) is 0. The zero-order valence-corrected chi connectivity index (χ0v) is 15.9. The molecule has 2 heterocycles. The molecule has 146 valence electrons. The highest BCUT2D eigenvalue weighted by atomic mass is 16.2. The highest BCUT2D eigenvalue weighted by Crippen LogP contribution is 2.27. The molecule has 0 bridgehead atoms. The van der Waals surface area contributed by atoms with Crippen molar-refractivity contribution in [1.82, 2.24) is 15.1 Å². The standard InChI is InChI=1S/C20H33N3O3/c24-18-8-4-12-22(18)13-5-11-21-20(26)17-9-10-19(25)23(15-17)14-16-6-2-1-3-7-16/h16-17H,1-15H2,(H,21,26). The first-order chi connectivity index (χ1) is 12.6. The number of carbonyl (C=O) groups excluding carboxylic acids is 3. The van der Waals surface area contributed by atoms with Gasteiger partial charge in [-0.3, -0.25) is 14.4 Å². The average Bonchev–Trinajstić information content (AvgIpc) is 3.06. The van der Waals surface area contributed by atoms with Gasteiger partial charge < -0.3 is 15.1 Å². The Hall–Kier alpha value is -1.59. The van der Waals surface area contributed by atoms with E-state index in [2.05, 4.69) is 5.32 Å². The lowest BCUT2D eigenvalue weighted by atomic mass is 9.87. The topological polar surface area (TPSA) is 69.7 Å². The van der Waals surface area contributed by atoms with Crippen molar-refractivity contribution in [2.24, 2.45) is 11.8 Å². The maximum atomic E-state index is 12.5. The highest BCUT2D eigenvalue weighted by Gasteiger charge is 2.31. The smallest absolute Gasteiger partial charge is 0.224 e. The Balaban J connectivity index is 1.37. The van der Waals surface area contributed by atoms with E-state index in [0.717, 1.165) is 32.5 Å². The SMILES string of the molecule is O=C(NCCCN1CCCC1=O)C1CCC(=O)N(CC2CCCCC2)C1. The van der Waals surface area contributed by atoms with Crippen molar-refractivity contribution in [3.8, 4) is 0 Å². The molecule has 3 amide bonds. The quantitative estimate of drug-likeness (QED) is 0.703. The third-order valence-electron chi connectivity index (χ3n) is 6.15. The number of amides is 3. The summed E-state index contributed by atoms with van der Waals surface area (Å²) in [6.45, 7) is 3.60. The van der Waals surface area contributed by atoms with Crippen LogP contribution in [0.25, 0.3) is 0 Å². The zero-order chi connectivity index (χ0) is 18.4. The number of nitrogens with zero attached hydrogens (tertiary/aromatic N) is 2. The Morgan fingerprint density at radius 3 is 2.46 bits per heavy atom. The molecule has 1 unspecified atom stereocenters. The van der Waals surface area contributed by atoms with Gasteiger partial charge in [0.1, 0.15) is 0 Å². The van der Waals surface area contributed by atoms with Crippen molar-refractivity contribution >= 4 is 17.7 Å². The molecular formula is C20H33N3O3. The molecule has 26 heavy (non-hydrogen) atoms. The normalized spacial score (nSPS) is 25.0. The van der Waals surface area contributed by atoms with Gasteiger partial charge in [-0.25, -0.2) is 0 Å². The molecule has 1 saturated carbocycles. The van der Waals surface area contributed by atoms with Crippen LogP contribution in [-0.4, -0.2) is 60.2 Å². The van der Waals surface area contributed by atoms with Crippen LogP contribution in [-0.2, 0) is 14.4 Å². The van der Waals surface area contributed by atoms with E-state index in [1.54, 1.807) is 0 Å². The van der Waals surface area contributed by atoms with E-state index in [1.807, 2.05) is 9.80 Å². The van der Waals surface area contributed by atoms with Crippen LogP contribution in [0.5, 0.6) is 0 Å². The lowest BCUT2D eigenvalue weighted by molar-refractivity contribution is -0.139. The van der Waals surface area contributed by atoms with Crippen LogP contribution in [0.15, 0.2) is 0 Å². The molecule has 3 aliphatic rings. The van der Waals surface area contributed by atoms with Crippen molar-refractivity contribution in [1.29, 1.82) is 0 Å². The minimum absolute atomic E-state index is 0.0684. The van der Waals surface area contributed by atoms with E-state index in [1.165, 1.54) is 32.1 Å². The average molecular weight is 364 g/mol. The van der Waals surface area contributed by atoms with Crippen LogP contribution in [0.3, 0.4) is 0 Å². The third kappa shape index (κ3) is 5.21. The maximum absolute atomic E-state index is 12.5. The van der Waals surface area contributed by atoms with Crippen molar-refractivity contribution in [3.05, 3.63) is 0 Å². The van der Waals surface area contributed by atoms with Gasteiger partial charge in [-0.05, 0) is 38.0 Å². The molecule has 0 aromatic heterocycles. The van der Waals surface area contributed by atoms with Gasteiger partial charge in [-0.2, -0.15) is 0 Å². The molecule has 1 atom stereocenters. The Morgan fingerprint density at radius 2 is 1.73 bits per heavy atom. The van der Waals surface area contributed by atoms with Gasteiger partial charge in [-0.1, -0.05) is 19.3 Å². The number of rotatable bonds is 7. The summed E-state index contributed by atoms with van der Waals surface area (Å²) in [4.78, 5) is 40.1. The van der Waals surface area contributed by atoms with E-state index in [4.69, 9.17) is 0 Å². The van der Waals surface area contributed by atoms with Crippen LogP contribution in [0.2, 0.25) is 0 Å². The second-order valence-electron chi connectivity index (χ2n) is 8.17. The molecule has 1 N–H and O–H groups in total. The maximum Gasteiger partial charge on any atom is 0.224 e. The highest BCUT2D eigenvalue weighted by molar-refractivity contribution is 5.83. The molecule has 6 heteroatoms. The molecule has 3 rings (SSSR count). The molecule has 1 aliphatic carbocycles. The summed E-state index contributed by atoms with van der Waals surface area (Å²) in [5.41, 5.74) is 0. The minimum Gasteiger partial charge on any atom is -0.356 e. The fraction of sp³-hybridized carbons (Fsp3) is 0.850. The largest absolute Gasteiger partial charge is 0.356 e. The Labute approximate surface area is 156 Å². The first-order valence-corrected chi connectivity index (χ1v) is 10.5. The van der Waals surface area contributed by atoms with Gasteiger partial charge in [0.25, 0.3) is 0 Å². The van der Waals surface area contributed by atoms with Gasteiger partial charge in [-0.15, -0.1) is 0 Å². The molecule has 2 saturated heterocycles. The summed E-state index contributed by atoms with van der Waals surface area (Å²) in [7, 11) is 0. The monoisotopic (exact) mass is 363 g/mol. The molecule has 6 nitrogen and oxygen atoms in total. The number of hydrogen-bond donors (Lipinski definition) is 1. The first kappa shape index (κ1) is 19.2. The van der Waals surface area contributed by atoms with Crippen molar-refractivity contribution < 1.29 is 14.4 Å². The van der Waals surface area contributed by atoms with Crippen LogP contribution in [0.4, 0.5) is 0 Å². The second-order valence-corrected chi connectivity index (χ2v) is 8.17. The summed E-state index contributed by atoms with van der Waals surface area (Å²) >= 11 is 0. The van der Waals surface area contributed by atoms with Gasteiger partial charge in [0.15, 0.2) is 0 Å². The number of nitrogens with one attached hydrogen (secondary N) is 1. The predicted molar refractivity (Wildman–Crippen MR) is 99.3 cm³/mol. The van der Waals surface area contributed by atoms with E-state index in [0.29, 0.717) is 38.3 Å². The van der Waals surface area contributed by atoms with Gasteiger partial charge in [0.05, 0.1) is 5.92 Å². The number of carbonyl (C=O) groups is 3. The van der Waals surface area contributed by atoms with E-state index >= 15 is 0 Å². The van der Waals surface area contributed by atoms with E-state index in [-0.39, 0.29) is 23.6 Å². The third-order valence-corrected chi connectivity index (χ3v) is 6.15. The Bertz CT molecular complexity index is 516. The molecule has 0 aromatic rings. The lowest BCUT2D eigenvalue weighted by Crippen LogP contribution is -2.47. The Kier molecular flexibility index (Phi) is 6.92. The fourth-order valence-corrected chi connectivity index (χ4v) is 4.55. The van der Waals surface area contributed by atoms with E-state index in [9.17, 15) is 14.4 Å². The summed E-state index contributed by atoms with van der Waals surface area (Å²) in [5, 5.41) is 3.02. The Morgan fingerprint density at radius 1 is 0.962 bits per heavy atom. The number of piperidine rings is 1. The van der Waals surface area contributed by atoms with Crippen LogP contribution in [0, 0.1) is 11.8 Å². The van der Waals surface area contributed by atoms with Crippen molar-refractivity contribution in [3.63, 3.8) is 0 Å². The predicted octanol–water partition coefficient (Wildman–Crippen LogP) is 1.93. The van der Waals surface area contributed by atoms with Gasteiger partial charge in [0.2, 0.25) is 17.7 Å². The second kappa shape index (κ2) is 9.38. The lowest BCUT2D eigenvalue weighted by Gasteiger charge is -2.35. The summed E-state index contributed by atoms with van der Waals surface area (Å²) in [6.07, 6.45) is 9.88. The number of likely N-dealkylation sites (tertiary alicyclic amines) is 2.